The van der Waals surface area contributed by atoms with E-state index >= 15 is 0 Å². The van der Waals surface area contributed by atoms with Crippen LogP contribution in [0.2, 0.25) is 0 Å². The quantitative estimate of drug-likeness (QED) is 0.293. The fraction of sp³-hybridized carbons (Fsp3) is 0.562. The third-order valence-electron chi connectivity index (χ3n) is 3.20. The normalized spacial score (nSPS) is 10.8. The van der Waals surface area contributed by atoms with Gasteiger partial charge >= 0.3 is 0 Å². The Labute approximate surface area is 151 Å². The van der Waals surface area contributed by atoms with Crippen LogP contribution in [0, 0.1) is 0 Å². The molecule has 0 amide bonds. The van der Waals surface area contributed by atoms with Gasteiger partial charge in [0, 0.05) is 53.6 Å². The van der Waals surface area contributed by atoms with Gasteiger partial charge in [0.1, 0.15) is 0 Å². The predicted octanol–water partition coefficient (Wildman–Crippen LogP) is 2.11. The van der Waals surface area contributed by atoms with E-state index in [2.05, 4.69) is 58.9 Å². The van der Waals surface area contributed by atoms with Crippen molar-refractivity contribution in [3.8, 4) is 0 Å². The van der Waals surface area contributed by atoms with Crippen LogP contribution in [-0.2, 0) is 11.2 Å². The molecular formula is C16H29IN4O. The number of ether oxygens (including phenoxy) is 1. The molecule has 0 aliphatic heterocycles. The van der Waals surface area contributed by atoms with E-state index in [1.54, 1.807) is 14.2 Å². The van der Waals surface area contributed by atoms with E-state index in [9.17, 15) is 0 Å². The van der Waals surface area contributed by atoms with Crippen molar-refractivity contribution in [1.82, 2.24) is 10.6 Å². The van der Waals surface area contributed by atoms with Gasteiger partial charge in [0.25, 0.3) is 0 Å². The molecule has 0 radical (unpaired) electrons. The van der Waals surface area contributed by atoms with Gasteiger partial charge in [-0.1, -0.05) is 12.1 Å². The van der Waals surface area contributed by atoms with Crippen LogP contribution in [0.1, 0.15) is 12.0 Å². The summed E-state index contributed by atoms with van der Waals surface area (Å²) in [7, 11) is 7.61. The van der Waals surface area contributed by atoms with Crippen molar-refractivity contribution in [1.29, 1.82) is 0 Å². The number of anilines is 1. The number of rotatable bonds is 8. The highest BCUT2D eigenvalue weighted by molar-refractivity contribution is 14.0. The summed E-state index contributed by atoms with van der Waals surface area (Å²) >= 11 is 0. The summed E-state index contributed by atoms with van der Waals surface area (Å²) in [6.07, 6.45) is 1.95. The van der Waals surface area contributed by atoms with E-state index in [0.717, 1.165) is 38.5 Å². The molecule has 0 aromatic heterocycles. The molecule has 22 heavy (non-hydrogen) atoms. The topological polar surface area (TPSA) is 48.9 Å². The summed E-state index contributed by atoms with van der Waals surface area (Å²) in [5.74, 6) is 0.844. The second-order valence-corrected chi connectivity index (χ2v) is 5.08. The Bertz CT molecular complexity index is 421. The number of halogens is 1. The third-order valence-corrected chi connectivity index (χ3v) is 3.20. The SMILES string of the molecule is CN=C(NCCCOC)NCCc1ccc(N(C)C)cc1.I. The zero-order chi connectivity index (χ0) is 15.5. The van der Waals surface area contributed by atoms with Gasteiger partial charge in [-0.2, -0.15) is 0 Å². The van der Waals surface area contributed by atoms with Crippen LogP contribution in [0.3, 0.4) is 0 Å². The van der Waals surface area contributed by atoms with Crippen LogP contribution in [0.5, 0.6) is 0 Å². The van der Waals surface area contributed by atoms with Crippen molar-refractivity contribution in [2.75, 3.05) is 52.8 Å². The molecule has 1 aromatic rings. The molecule has 6 heteroatoms. The highest BCUT2D eigenvalue weighted by Crippen LogP contribution is 2.12. The number of hydrogen-bond donors (Lipinski definition) is 2. The number of nitrogens with one attached hydrogen (secondary N) is 2. The minimum atomic E-state index is 0. The summed E-state index contributed by atoms with van der Waals surface area (Å²) in [4.78, 5) is 6.31. The molecule has 2 N–H and O–H groups in total. The minimum Gasteiger partial charge on any atom is -0.385 e. The lowest BCUT2D eigenvalue weighted by atomic mass is 10.1. The maximum Gasteiger partial charge on any atom is 0.190 e. The van der Waals surface area contributed by atoms with E-state index in [4.69, 9.17) is 4.74 Å². The number of aliphatic imine (C=N–C) groups is 1. The molecule has 5 nitrogen and oxygen atoms in total. The van der Waals surface area contributed by atoms with Gasteiger partial charge in [-0.3, -0.25) is 4.99 Å². The lowest BCUT2D eigenvalue weighted by Gasteiger charge is -2.14. The third kappa shape index (κ3) is 8.43. The summed E-state index contributed by atoms with van der Waals surface area (Å²) in [6, 6.07) is 8.64. The average molecular weight is 420 g/mol. The summed E-state index contributed by atoms with van der Waals surface area (Å²) < 4.78 is 5.02. The molecule has 0 fully saturated rings. The molecule has 0 unspecified atom stereocenters. The Kier molecular flexibility index (Phi) is 11.9. The molecular weight excluding hydrogens is 391 g/mol. The first-order chi connectivity index (χ1) is 10.2. The largest absolute Gasteiger partial charge is 0.385 e. The number of nitrogens with zero attached hydrogens (tertiary/aromatic N) is 2. The van der Waals surface area contributed by atoms with Gasteiger partial charge in [0.15, 0.2) is 5.96 Å². The monoisotopic (exact) mass is 420 g/mol. The first-order valence-corrected chi connectivity index (χ1v) is 7.37. The molecule has 1 aromatic carbocycles. The highest BCUT2D eigenvalue weighted by atomic mass is 127. The van der Waals surface area contributed by atoms with Crippen molar-refractivity contribution in [2.45, 2.75) is 12.8 Å². The van der Waals surface area contributed by atoms with E-state index in [-0.39, 0.29) is 24.0 Å². The Morgan fingerprint density at radius 1 is 1.14 bits per heavy atom. The Morgan fingerprint density at radius 3 is 2.32 bits per heavy atom. The number of benzene rings is 1. The molecule has 126 valence electrons. The minimum absolute atomic E-state index is 0. The van der Waals surface area contributed by atoms with Crippen molar-refractivity contribution < 1.29 is 4.74 Å². The standard InChI is InChI=1S/C16H28N4O.HI/c1-17-16(18-11-5-13-21-4)19-12-10-14-6-8-15(9-7-14)20(2)3;/h6-9H,5,10-13H2,1-4H3,(H2,17,18,19);1H. The maximum absolute atomic E-state index is 5.02. The molecule has 0 heterocycles. The van der Waals surface area contributed by atoms with E-state index in [0.29, 0.717) is 0 Å². The van der Waals surface area contributed by atoms with E-state index in [1.165, 1.54) is 11.3 Å². The molecule has 0 saturated carbocycles. The molecule has 0 atom stereocenters. The van der Waals surface area contributed by atoms with Gasteiger partial charge in [-0.05, 0) is 30.5 Å². The number of methoxy groups -OCH3 is 1. The molecule has 1 rings (SSSR count). The Balaban J connectivity index is 0.00000441. The molecule has 0 aliphatic rings. The summed E-state index contributed by atoms with van der Waals surface area (Å²) in [5.41, 5.74) is 2.55. The fourth-order valence-corrected chi connectivity index (χ4v) is 1.93. The maximum atomic E-state index is 5.02. The van der Waals surface area contributed by atoms with Crippen molar-refractivity contribution in [3.05, 3.63) is 29.8 Å². The van der Waals surface area contributed by atoms with Gasteiger partial charge in [-0.25, -0.2) is 0 Å². The first kappa shape index (κ1) is 21.0. The molecule has 0 spiro atoms. The van der Waals surface area contributed by atoms with Gasteiger partial charge in [0.2, 0.25) is 0 Å². The second-order valence-electron chi connectivity index (χ2n) is 5.08. The van der Waals surface area contributed by atoms with Crippen LogP contribution in [-0.4, -0.2) is 53.9 Å². The molecule has 0 aliphatic carbocycles. The van der Waals surface area contributed by atoms with Gasteiger partial charge in [-0.15, -0.1) is 24.0 Å². The van der Waals surface area contributed by atoms with Crippen LogP contribution < -0.4 is 15.5 Å². The van der Waals surface area contributed by atoms with Crippen LogP contribution in [0.4, 0.5) is 5.69 Å². The smallest absolute Gasteiger partial charge is 0.190 e. The number of hydrogen-bond acceptors (Lipinski definition) is 3. The number of guanidine groups is 1. The first-order valence-electron chi connectivity index (χ1n) is 7.37. The fourth-order valence-electron chi connectivity index (χ4n) is 1.93. The average Bonchev–Trinajstić information content (AvgIpc) is 2.50. The van der Waals surface area contributed by atoms with Gasteiger partial charge < -0.3 is 20.3 Å². The lowest BCUT2D eigenvalue weighted by molar-refractivity contribution is 0.195. The lowest BCUT2D eigenvalue weighted by Crippen LogP contribution is -2.39. The van der Waals surface area contributed by atoms with Crippen LogP contribution >= 0.6 is 24.0 Å². The Morgan fingerprint density at radius 2 is 1.77 bits per heavy atom. The summed E-state index contributed by atoms with van der Waals surface area (Å²) in [6.45, 7) is 2.50. The van der Waals surface area contributed by atoms with Gasteiger partial charge in [0.05, 0.1) is 0 Å². The molecule has 0 bridgehead atoms. The van der Waals surface area contributed by atoms with Crippen molar-refractivity contribution in [2.24, 2.45) is 4.99 Å². The second kappa shape index (κ2) is 12.5. The zero-order valence-electron chi connectivity index (χ0n) is 14.1. The van der Waals surface area contributed by atoms with Crippen LogP contribution in [0.25, 0.3) is 0 Å². The molecule has 0 saturated heterocycles. The zero-order valence-corrected chi connectivity index (χ0v) is 16.4. The Hall–Kier alpha value is -1.02. The van der Waals surface area contributed by atoms with E-state index < -0.39 is 0 Å². The van der Waals surface area contributed by atoms with Crippen molar-refractivity contribution in [3.63, 3.8) is 0 Å². The van der Waals surface area contributed by atoms with Crippen molar-refractivity contribution >= 4 is 35.6 Å². The highest BCUT2D eigenvalue weighted by Gasteiger charge is 1.99. The van der Waals surface area contributed by atoms with Crippen LogP contribution in [0.15, 0.2) is 29.3 Å². The van der Waals surface area contributed by atoms with E-state index in [1.807, 2.05) is 0 Å². The predicted molar refractivity (Wildman–Crippen MR) is 106 cm³/mol. The summed E-state index contributed by atoms with van der Waals surface area (Å²) in [5, 5.41) is 6.59.